The van der Waals surface area contributed by atoms with Crippen LogP contribution in [0.2, 0.25) is 0 Å². The first kappa shape index (κ1) is 9.75. The van der Waals surface area contributed by atoms with Gasteiger partial charge in [-0.2, -0.15) is 0 Å². The molecule has 0 spiro atoms. The maximum atomic E-state index is 3.95. The van der Waals surface area contributed by atoms with Crippen molar-refractivity contribution >= 4 is 0 Å². The topological polar surface area (TPSA) is 24.1 Å². The van der Waals surface area contributed by atoms with E-state index in [0.717, 1.165) is 19.0 Å². The molecule has 2 N–H and O–H groups in total. The zero-order chi connectivity index (χ0) is 8.97. The third-order valence-corrected chi connectivity index (χ3v) is 2.16. The van der Waals surface area contributed by atoms with Gasteiger partial charge in [-0.25, -0.2) is 0 Å². The summed E-state index contributed by atoms with van der Waals surface area (Å²) < 4.78 is 0. The van der Waals surface area contributed by atoms with Crippen LogP contribution in [-0.2, 0) is 0 Å². The van der Waals surface area contributed by atoms with E-state index in [1.165, 1.54) is 18.4 Å². The molecule has 0 aromatic carbocycles. The summed E-state index contributed by atoms with van der Waals surface area (Å²) in [5, 5.41) is 6.90. The highest BCUT2D eigenvalue weighted by molar-refractivity contribution is 5.01. The van der Waals surface area contributed by atoms with Crippen molar-refractivity contribution in [1.82, 2.24) is 10.6 Å². The number of hydrogen-bond donors (Lipinski definition) is 2. The molecular weight excluding hydrogens is 148 g/mol. The van der Waals surface area contributed by atoms with Crippen LogP contribution >= 0.6 is 0 Å². The molecule has 0 saturated carbocycles. The summed E-state index contributed by atoms with van der Waals surface area (Å²) in [4.78, 5) is 0. The molecule has 2 nitrogen and oxygen atoms in total. The van der Waals surface area contributed by atoms with Gasteiger partial charge in [0, 0.05) is 6.54 Å². The molecule has 1 heterocycles. The van der Waals surface area contributed by atoms with E-state index in [0.29, 0.717) is 6.17 Å². The van der Waals surface area contributed by atoms with Gasteiger partial charge in [0.05, 0.1) is 6.17 Å². The molecule has 1 rings (SSSR count). The fourth-order valence-electron chi connectivity index (χ4n) is 1.36. The maximum absolute atomic E-state index is 3.95. The van der Waals surface area contributed by atoms with E-state index in [1.54, 1.807) is 0 Å². The van der Waals surface area contributed by atoms with Crippen LogP contribution in [0.4, 0.5) is 0 Å². The highest BCUT2D eigenvalue weighted by Gasteiger charge is 2.13. The highest BCUT2D eigenvalue weighted by atomic mass is 15.1. The minimum atomic E-state index is 0.512. The van der Waals surface area contributed by atoms with E-state index in [4.69, 9.17) is 0 Å². The van der Waals surface area contributed by atoms with Crippen LogP contribution in [0.25, 0.3) is 0 Å². The van der Waals surface area contributed by atoms with E-state index >= 15 is 0 Å². The van der Waals surface area contributed by atoms with Crippen molar-refractivity contribution in [3.63, 3.8) is 0 Å². The van der Waals surface area contributed by atoms with Crippen molar-refractivity contribution in [2.45, 2.75) is 32.9 Å². The van der Waals surface area contributed by atoms with Gasteiger partial charge in [0.15, 0.2) is 0 Å². The lowest BCUT2D eigenvalue weighted by Crippen LogP contribution is -2.46. The van der Waals surface area contributed by atoms with Gasteiger partial charge in [0.2, 0.25) is 0 Å². The molecule has 0 amide bonds. The smallest absolute Gasteiger partial charge is 0.0577 e. The van der Waals surface area contributed by atoms with Crippen molar-refractivity contribution < 1.29 is 0 Å². The number of nitrogens with one attached hydrogen (secondary N) is 2. The molecule has 0 radical (unpaired) electrons. The molecule has 1 aliphatic rings. The Morgan fingerprint density at radius 2 is 2.42 bits per heavy atom. The first-order valence-electron chi connectivity index (χ1n) is 4.82. The average molecular weight is 168 g/mol. The van der Waals surface area contributed by atoms with E-state index in [1.807, 2.05) is 0 Å². The third kappa shape index (κ3) is 3.37. The van der Waals surface area contributed by atoms with Gasteiger partial charge in [-0.3, -0.25) is 5.32 Å². The molecule has 12 heavy (non-hydrogen) atoms. The second kappa shape index (κ2) is 4.63. The molecule has 1 aliphatic heterocycles. The molecule has 70 valence electrons. The zero-order valence-electron chi connectivity index (χ0n) is 8.19. The molecule has 0 aromatic heterocycles. The lowest BCUT2D eigenvalue weighted by Gasteiger charge is -2.26. The van der Waals surface area contributed by atoms with Gasteiger partial charge in [-0.1, -0.05) is 26.0 Å². The lowest BCUT2D eigenvalue weighted by molar-refractivity contribution is 0.364. The summed E-state index contributed by atoms with van der Waals surface area (Å²) in [5.74, 6) is 0.733. The van der Waals surface area contributed by atoms with Crippen molar-refractivity contribution in [2.75, 3.05) is 13.1 Å². The summed E-state index contributed by atoms with van der Waals surface area (Å²) in [7, 11) is 0. The van der Waals surface area contributed by atoms with Gasteiger partial charge in [-0.05, 0) is 25.3 Å². The second-order valence-corrected chi connectivity index (χ2v) is 4.02. The molecule has 2 heteroatoms. The molecule has 0 aromatic rings. The summed E-state index contributed by atoms with van der Waals surface area (Å²) in [6.07, 6.45) is 2.87. The Labute approximate surface area is 75.4 Å². The Balaban J connectivity index is 2.13. The predicted octanol–water partition coefficient (Wildman–Crippen LogP) is 1.50. The van der Waals surface area contributed by atoms with Gasteiger partial charge in [0.25, 0.3) is 0 Å². The van der Waals surface area contributed by atoms with Gasteiger partial charge in [0.1, 0.15) is 0 Å². The van der Waals surface area contributed by atoms with E-state index < -0.39 is 0 Å². The van der Waals surface area contributed by atoms with Gasteiger partial charge in [-0.15, -0.1) is 0 Å². The first-order chi connectivity index (χ1) is 5.68. The SMILES string of the molecule is C=C1CCC(NCC(C)C)NC1. The maximum Gasteiger partial charge on any atom is 0.0577 e. The van der Waals surface area contributed by atoms with Crippen LogP contribution in [0.1, 0.15) is 26.7 Å². The normalized spacial score (nSPS) is 24.9. The largest absolute Gasteiger partial charge is 0.302 e. The van der Waals surface area contributed by atoms with Crippen molar-refractivity contribution in [3.05, 3.63) is 12.2 Å². The monoisotopic (exact) mass is 168 g/mol. The Hall–Kier alpha value is -0.340. The fraction of sp³-hybridized carbons (Fsp3) is 0.800. The predicted molar refractivity (Wildman–Crippen MR) is 53.0 cm³/mol. The molecule has 1 unspecified atom stereocenters. The number of hydrogen-bond acceptors (Lipinski definition) is 2. The summed E-state index contributed by atoms with van der Waals surface area (Å²) in [5.41, 5.74) is 1.33. The Morgan fingerprint density at radius 1 is 1.67 bits per heavy atom. The van der Waals surface area contributed by atoms with Crippen LogP contribution < -0.4 is 10.6 Å². The van der Waals surface area contributed by atoms with E-state index in [2.05, 4.69) is 31.1 Å². The third-order valence-electron chi connectivity index (χ3n) is 2.16. The Kier molecular flexibility index (Phi) is 3.76. The number of piperidine rings is 1. The lowest BCUT2D eigenvalue weighted by atomic mass is 10.1. The van der Waals surface area contributed by atoms with E-state index in [9.17, 15) is 0 Å². The molecule has 1 fully saturated rings. The molecule has 0 bridgehead atoms. The molecule has 1 atom stereocenters. The quantitative estimate of drug-likeness (QED) is 0.624. The van der Waals surface area contributed by atoms with Crippen LogP contribution in [-0.4, -0.2) is 19.3 Å². The van der Waals surface area contributed by atoms with Crippen molar-refractivity contribution in [2.24, 2.45) is 5.92 Å². The summed E-state index contributed by atoms with van der Waals surface area (Å²) in [6, 6.07) is 0. The van der Waals surface area contributed by atoms with Crippen LogP contribution in [0.5, 0.6) is 0 Å². The second-order valence-electron chi connectivity index (χ2n) is 4.02. The zero-order valence-corrected chi connectivity index (χ0v) is 8.19. The number of rotatable bonds is 3. The molecular formula is C10H20N2. The minimum Gasteiger partial charge on any atom is -0.302 e. The van der Waals surface area contributed by atoms with Crippen LogP contribution in [0.15, 0.2) is 12.2 Å². The highest BCUT2D eigenvalue weighted by Crippen LogP contribution is 2.09. The van der Waals surface area contributed by atoms with Crippen LogP contribution in [0, 0.1) is 5.92 Å². The summed E-state index contributed by atoms with van der Waals surface area (Å²) >= 11 is 0. The van der Waals surface area contributed by atoms with Crippen molar-refractivity contribution in [1.29, 1.82) is 0 Å². The van der Waals surface area contributed by atoms with Gasteiger partial charge < -0.3 is 5.32 Å². The first-order valence-corrected chi connectivity index (χ1v) is 4.82. The van der Waals surface area contributed by atoms with Crippen molar-refractivity contribution in [3.8, 4) is 0 Å². The van der Waals surface area contributed by atoms with E-state index in [-0.39, 0.29) is 0 Å². The van der Waals surface area contributed by atoms with Crippen LogP contribution in [0.3, 0.4) is 0 Å². The Bertz CT molecular complexity index is 142. The minimum absolute atomic E-state index is 0.512. The fourth-order valence-corrected chi connectivity index (χ4v) is 1.36. The Morgan fingerprint density at radius 3 is 2.92 bits per heavy atom. The van der Waals surface area contributed by atoms with Gasteiger partial charge >= 0.3 is 0 Å². The molecule has 0 aliphatic carbocycles. The summed E-state index contributed by atoms with van der Waals surface area (Å²) in [6.45, 7) is 10.5. The average Bonchev–Trinajstić information content (AvgIpc) is 2.03. The standard InChI is InChI=1S/C10H20N2/c1-8(2)6-11-10-5-4-9(3)7-12-10/h8,10-12H,3-7H2,1-2H3. The molecule has 1 saturated heterocycles.